The lowest BCUT2D eigenvalue weighted by Gasteiger charge is -2.38. The molecule has 0 aliphatic heterocycles. The van der Waals surface area contributed by atoms with Gasteiger partial charge in [-0.05, 0) is 56.2 Å². The van der Waals surface area contributed by atoms with Gasteiger partial charge in [-0.2, -0.15) is 0 Å². The lowest BCUT2D eigenvalue weighted by molar-refractivity contribution is -0.140. The van der Waals surface area contributed by atoms with Gasteiger partial charge in [0.25, 0.3) is 0 Å². The Morgan fingerprint density at radius 1 is 1.20 bits per heavy atom. The molecule has 1 saturated carbocycles. The molecule has 5 heteroatoms. The Balaban J connectivity index is 2.52. The van der Waals surface area contributed by atoms with Gasteiger partial charge in [-0.15, -0.1) is 0 Å². The molecule has 0 heterocycles. The summed E-state index contributed by atoms with van der Waals surface area (Å²) in [4.78, 5) is 11.2. The van der Waals surface area contributed by atoms with Gasteiger partial charge in [-0.3, -0.25) is 4.79 Å². The van der Waals surface area contributed by atoms with E-state index in [1.54, 1.807) is 0 Å². The van der Waals surface area contributed by atoms with E-state index in [9.17, 15) is 9.90 Å². The molecule has 0 spiro atoms. The van der Waals surface area contributed by atoms with Crippen molar-refractivity contribution in [3.8, 4) is 0 Å². The van der Waals surface area contributed by atoms with Crippen LogP contribution in [0.25, 0.3) is 0 Å². The summed E-state index contributed by atoms with van der Waals surface area (Å²) in [5.74, 6) is 0.336. The van der Waals surface area contributed by atoms with Crippen LogP contribution in [0.2, 0.25) is 18.1 Å². The molecular formula is C20H38O4Si. The topological polar surface area (TPSA) is 55.8 Å². The largest absolute Gasteiger partial charge is 0.469 e. The fraction of sp³-hybridized carbons (Fsp3) is 0.850. The number of allylic oxidation sites excluding steroid dienone is 1. The van der Waals surface area contributed by atoms with E-state index in [1.165, 1.54) is 12.7 Å². The first-order valence-corrected chi connectivity index (χ1v) is 12.5. The second-order valence-corrected chi connectivity index (χ2v) is 13.7. The quantitative estimate of drug-likeness (QED) is 0.277. The molecule has 0 aromatic carbocycles. The first-order valence-electron chi connectivity index (χ1n) is 9.56. The van der Waals surface area contributed by atoms with Crippen LogP contribution < -0.4 is 0 Å². The Bertz CT molecular complexity index is 453. The van der Waals surface area contributed by atoms with E-state index >= 15 is 0 Å². The van der Waals surface area contributed by atoms with Crippen molar-refractivity contribution in [1.82, 2.24) is 0 Å². The van der Waals surface area contributed by atoms with Crippen LogP contribution in [0.1, 0.15) is 59.3 Å². The van der Waals surface area contributed by atoms with Gasteiger partial charge < -0.3 is 14.3 Å². The van der Waals surface area contributed by atoms with Gasteiger partial charge in [-0.1, -0.05) is 32.9 Å². The summed E-state index contributed by atoms with van der Waals surface area (Å²) < 4.78 is 11.0. The fourth-order valence-corrected chi connectivity index (χ4v) is 4.25. The summed E-state index contributed by atoms with van der Waals surface area (Å²) in [6.45, 7) is 16.1. The average molecular weight is 371 g/mol. The third-order valence-corrected chi connectivity index (χ3v) is 10.6. The molecule has 0 saturated heterocycles. The van der Waals surface area contributed by atoms with Gasteiger partial charge in [0.2, 0.25) is 0 Å². The van der Waals surface area contributed by atoms with Crippen LogP contribution in [0.15, 0.2) is 12.2 Å². The first kappa shape index (κ1) is 22.4. The number of rotatable bonds is 9. The number of carbonyl (C=O) groups is 1. The Hall–Kier alpha value is -0.653. The Morgan fingerprint density at radius 3 is 2.36 bits per heavy atom. The number of ether oxygens (including phenoxy) is 1. The van der Waals surface area contributed by atoms with Gasteiger partial charge in [0, 0.05) is 18.9 Å². The number of aliphatic hydroxyl groups is 1. The summed E-state index contributed by atoms with van der Waals surface area (Å²) >= 11 is 0. The van der Waals surface area contributed by atoms with Crippen LogP contribution in [0.3, 0.4) is 0 Å². The molecule has 146 valence electrons. The Labute approximate surface area is 155 Å². The first-order chi connectivity index (χ1) is 11.5. The van der Waals surface area contributed by atoms with Crippen molar-refractivity contribution in [3.05, 3.63) is 12.2 Å². The molecule has 3 unspecified atom stereocenters. The van der Waals surface area contributed by atoms with E-state index in [4.69, 9.17) is 4.43 Å². The van der Waals surface area contributed by atoms with Crippen molar-refractivity contribution in [2.75, 3.05) is 13.7 Å². The predicted molar refractivity (Wildman–Crippen MR) is 105 cm³/mol. The summed E-state index contributed by atoms with van der Waals surface area (Å²) in [5, 5.41) is 10.6. The molecule has 1 aliphatic rings. The smallest absolute Gasteiger partial charge is 0.305 e. The highest BCUT2D eigenvalue weighted by Gasteiger charge is 2.41. The van der Waals surface area contributed by atoms with E-state index < -0.39 is 8.32 Å². The third kappa shape index (κ3) is 6.54. The molecule has 1 rings (SSSR count). The molecule has 0 aromatic rings. The summed E-state index contributed by atoms with van der Waals surface area (Å²) in [5.41, 5.74) is 1.20. The van der Waals surface area contributed by atoms with Gasteiger partial charge in [0.05, 0.1) is 13.2 Å². The van der Waals surface area contributed by atoms with Crippen molar-refractivity contribution < 1.29 is 19.1 Å². The maximum Gasteiger partial charge on any atom is 0.305 e. The highest BCUT2D eigenvalue weighted by molar-refractivity contribution is 6.74. The molecular weight excluding hydrogens is 332 g/mol. The highest BCUT2D eigenvalue weighted by atomic mass is 28.4. The van der Waals surface area contributed by atoms with Crippen LogP contribution in [0.4, 0.5) is 0 Å². The lowest BCUT2D eigenvalue weighted by Crippen LogP contribution is -2.43. The normalized spacial score (nSPS) is 24.4. The van der Waals surface area contributed by atoms with E-state index in [0.29, 0.717) is 18.9 Å². The maximum atomic E-state index is 11.2. The van der Waals surface area contributed by atoms with Crippen molar-refractivity contribution in [3.63, 3.8) is 0 Å². The minimum Gasteiger partial charge on any atom is -0.469 e. The van der Waals surface area contributed by atoms with E-state index in [-0.39, 0.29) is 23.0 Å². The van der Waals surface area contributed by atoms with Crippen LogP contribution in [-0.2, 0) is 14.0 Å². The maximum absolute atomic E-state index is 11.2. The molecule has 0 bridgehead atoms. The van der Waals surface area contributed by atoms with E-state index in [2.05, 4.69) is 45.2 Å². The van der Waals surface area contributed by atoms with E-state index in [0.717, 1.165) is 32.1 Å². The lowest BCUT2D eigenvalue weighted by atomic mass is 9.86. The minimum absolute atomic E-state index is 0.150. The molecule has 1 aliphatic carbocycles. The van der Waals surface area contributed by atoms with Crippen LogP contribution in [0.5, 0.6) is 0 Å². The third-order valence-electron chi connectivity index (χ3n) is 6.11. The van der Waals surface area contributed by atoms with Crippen molar-refractivity contribution >= 4 is 14.3 Å². The SMILES string of the molecule is C=C(CCCCC(=O)OC)C1CCC(O)C1CO[Si](C)(C)C(C)(C)C. The number of unbranched alkanes of at least 4 members (excludes halogenated alkanes) is 1. The number of carbonyl (C=O) groups excluding carboxylic acids is 1. The minimum atomic E-state index is -1.81. The fourth-order valence-electron chi connectivity index (χ4n) is 3.21. The molecule has 1 fully saturated rings. The van der Waals surface area contributed by atoms with Crippen LogP contribution in [-0.4, -0.2) is 39.2 Å². The summed E-state index contributed by atoms with van der Waals surface area (Å²) in [7, 11) is -0.382. The molecule has 0 radical (unpaired) electrons. The molecule has 4 nitrogen and oxygen atoms in total. The zero-order valence-corrected chi connectivity index (χ0v) is 18.1. The number of hydrogen-bond donors (Lipinski definition) is 1. The van der Waals surface area contributed by atoms with Crippen molar-refractivity contribution in [2.24, 2.45) is 11.8 Å². The number of methoxy groups -OCH3 is 1. The molecule has 0 amide bonds. The standard InChI is InChI=1S/C20H38O4Si/c1-15(10-8-9-11-19(22)23-5)16-12-13-18(21)17(16)14-24-25(6,7)20(2,3)4/h16-18,21H,1,8-14H2,2-7H3. The van der Waals surface area contributed by atoms with Gasteiger partial charge >= 0.3 is 5.97 Å². The summed E-state index contributed by atoms with van der Waals surface area (Å²) in [6.07, 6.45) is 4.67. The number of aliphatic hydroxyl groups excluding tert-OH is 1. The second kappa shape index (κ2) is 9.33. The van der Waals surface area contributed by atoms with Gasteiger partial charge in [0.15, 0.2) is 8.32 Å². The number of esters is 1. The highest BCUT2D eigenvalue weighted by Crippen LogP contribution is 2.41. The molecule has 25 heavy (non-hydrogen) atoms. The predicted octanol–water partition coefficient (Wildman–Crippen LogP) is 4.68. The number of hydrogen-bond acceptors (Lipinski definition) is 4. The van der Waals surface area contributed by atoms with Crippen LogP contribution in [0, 0.1) is 11.8 Å². The Morgan fingerprint density at radius 2 is 1.80 bits per heavy atom. The second-order valence-electron chi connectivity index (χ2n) is 8.93. The molecule has 1 N–H and O–H groups in total. The summed E-state index contributed by atoms with van der Waals surface area (Å²) in [6, 6.07) is 0. The zero-order valence-electron chi connectivity index (χ0n) is 17.1. The average Bonchev–Trinajstić information content (AvgIpc) is 2.89. The van der Waals surface area contributed by atoms with Gasteiger partial charge in [0.1, 0.15) is 0 Å². The van der Waals surface area contributed by atoms with E-state index in [1.807, 2.05) is 0 Å². The zero-order chi connectivity index (χ0) is 19.3. The molecule has 3 atom stereocenters. The van der Waals surface area contributed by atoms with Gasteiger partial charge in [-0.25, -0.2) is 0 Å². The molecule has 0 aromatic heterocycles. The van der Waals surface area contributed by atoms with Crippen molar-refractivity contribution in [1.29, 1.82) is 0 Å². The van der Waals surface area contributed by atoms with Crippen molar-refractivity contribution in [2.45, 2.75) is 83.5 Å². The van der Waals surface area contributed by atoms with Crippen LogP contribution >= 0.6 is 0 Å². The monoisotopic (exact) mass is 370 g/mol. The Kier molecular flexibility index (Phi) is 8.36.